The van der Waals surface area contributed by atoms with Crippen LogP contribution in [0.5, 0.6) is 0 Å². The molecule has 14 heavy (non-hydrogen) atoms. The molecule has 3 N–H and O–H groups in total. The molecule has 1 saturated heterocycles. The second-order valence-electron chi connectivity index (χ2n) is 5.14. The minimum Gasteiger partial charge on any atom is -0.392 e. The number of β-amino-alcohol motifs (C(OH)–C–C–N with tert-alkyl or cyclic N) is 1. The Morgan fingerprint density at radius 1 is 1.50 bits per heavy atom. The summed E-state index contributed by atoms with van der Waals surface area (Å²) in [4.78, 5) is 0. The van der Waals surface area contributed by atoms with Crippen LogP contribution in [0, 0.1) is 5.41 Å². The van der Waals surface area contributed by atoms with Crippen molar-refractivity contribution >= 4 is 0 Å². The second kappa shape index (κ2) is 5.10. The van der Waals surface area contributed by atoms with Gasteiger partial charge in [0.25, 0.3) is 0 Å². The number of aliphatic hydroxyl groups excluding tert-OH is 1. The zero-order valence-electron chi connectivity index (χ0n) is 9.64. The van der Waals surface area contributed by atoms with Crippen molar-refractivity contribution in [1.29, 1.82) is 0 Å². The molecule has 0 aromatic heterocycles. The maximum Gasteiger partial charge on any atom is 0.0680 e. The van der Waals surface area contributed by atoms with E-state index >= 15 is 0 Å². The zero-order valence-corrected chi connectivity index (χ0v) is 9.64. The second-order valence-corrected chi connectivity index (χ2v) is 5.14. The molecule has 0 bridgehead atoms. The summed E-state index contributed by atoms with van der Waals surface area (Å²) >= 11 is 0. The molecule has 0 spiro atoms. The first-order valence-electron chi connectivity index (χ1n) is 5.65. The Morgan fingerprint density at radius 2 is 2.21 bits per heavy atom. The van der Waals surface area contributed by atoms with Crippen LogP contribution in [-0.4, -0.2) is 36.9 Å². The number of nitrogens with one attached hydrogen (secondary N) is 2. The van der Waals surface area contributed by atoms with E-state index in [0.717, 1.165) is 26.1 Å². The van der Waals surface area contributed by atoms with E-state index in [1.54, 1.807) is 0 Å². The molecular weight excluding hydrogens is 176 g/mol. The van der Waals surface area contributed by atoms with Gasteiger partial charge < -0.3 is 15.7 Å². The quantitative estimate of drug-likeness (QED) is 0.613. The van der Waals surface area contributed by atoms with Gasteiger partial charge in [-0.05, 0) is 18.3 Å². The van der Waals surface area contributed by atoms with Crippen molar-refractivity contribution in [1.82, 2.24) is 10.6 Å². The highest BCUT2D eigenvalue weighted by Crippen LogP contribution is 2.17. The summed E-state index contributed by atoms with van der Waals surface area (Å²) in [5, 5.41) is 16.1. The molecule has 1 fully saturated rings. The van der Waals surface area contributed by atoms with Gasteiger partial charge in [0.2, 0.25) is 0 Å². The molecule has 84 valence electrons. The number of aliphatic hydroxyl groups is 1. The Hall–Kier alpha value is -0.120. The lowest BCUT2D eigenvalue weighted by atomic mass is 9.90. The lowest BCUT2D eigenvalue weighted by molar-refractivity contribution is 0.192. The van der Waals surface area contributed by atoms with Gasteiger partial charge >= 0.3 is 0 Å². The molecular formula is C11H24N2O. The topological polar surface area (TPSA) is 44.3 Å². The van der Waals surface area contributed by atoms with E-state index in [4.69, 9.17) is 0 Å². The van der Waals surface area contributed by atoms with Gasteiger partial charge in [-0.15, -0.1) is 0 Å². The molecule has 0 radical (unpaired) electrons. The van der Waals surface area contributed by atoms with Crippen LogP contribution in [0.25, 0.3) is 0 Å². The Kier molecular flexibility index (Phi) is 4.35. The molecule has 1 rings (SSSR count). The maximum atomic E-state index is 9.31. The van der Waals surface area contributed by atoms with E-state index in [9.17, 15) is 5.11 Å². The molecule has 2 atom stereocenters. The Morgan fingerprint density at radius 3 is 2.71 bits per heavy atom. The largest absolute Gasteiger partial charge is 0.392 e. The van der Waals surface area contributed by atoms with Crippen molar-refractivity contribution in [3.8, 4) is 0 Å². The third-order valence-corrected chi connectivity index (χ3v) is 3.15. The lowest BCUT2D eigenvalue weighted by Crippen LogP contribution is -2.38. The summed E-state index contributed by atoms with van der Waals surface area (Å²) < 4.78 is 0. The molecule has 0 saturated carbocycles. The molecule has 0 aliphatic carbocycles. The highest BCUT2D eigenvalue weighted by Gasteiger charge is 2.22. The van der Waals surface area contributed by atoms with Crippen molar-refractivity contribution in [2.75, 3.05) is 19.6 Å². The van der Waals surface area contributed by atoms with Crippen LogP contribution in [0.4, 0.5) is 0 Å². The molecule has 0 aromatic rings. The molecule has 1 aliphatic heterocycles. The molecule has 0 aromatic carbocycles. The lowest BCUT2D eigenvalue weighted by Gasteiger charge is -2.24. The Balaban J connectivity index is 2.10. The fourth-order valence-electron chi connectivity index (χ4n) is 1.66. The normalized spacial score (nSPS) is 28.3. The smallest absolute Gasteiger partial charge is 0.0680 e. The summed E-state index contributed by atoms with van der Waals surface area (Å²) in [5.41, 5.74) is 0.386. The van der Waals surface area contributed by atoms with Crippen LogP contribution in [0.15, 0.2) is 0 Å². The first-order chi connectivity index (χ1) is 6.53. The average molecular weight is 200 g/mol. The number of hydrogen-bond donors (Lipinski definition) is 3. The van der Waals surface area contributed by atoms with E-state index < -0.39 is 0 Å². The van der Waals surface area contributed by atoms with Crippen LogP contribution in [0.1, 0.15) is 33.6 Å². The maximum absolute atomic E-state index is 9.31. The van der Waals surface area contributed by atoms with Gasteiger partial charge in [-0.3, -0.25) is 0 Å². The van der Waals surface area contributed by atoms with Crippen molar-refractivity contribution in [2.45, 2.75) is 45.8 Å². The van der Waals surface area contributed by atoms with E-state index in [0.29, 0.717) is 11.5 Å². The summed E-state index contributed by atoms with van der Waals surface area (Å²) in [6.07, 6.45) is 1.95. The molecule has 1 aliphatic rings. The summed E-state index contributed by atoms with van der Waals surface area (Å²) in [5.74, 6) is 0. The van der Waals surface area contributed by atoms with E-state index in [2.05, 4.69) is 31.4 Å². The van der Waals surface area contributed by atoms with Gasteiger partial charge in [0.15, 0.2) is 0 Å². The van der Waals surface area contributed by atoms with E-state index in [1.165, 1.54) is 6.42 Å². The summed E-state index contributed by atoms with van der Waals surface area (Å²) in [6, 6.07) is 0.456. The van der Waals surface area contributed by atoms with Gasteiger partial charge in [-0.25, -0.2) is 0 Å². The summed E-state index contributed by atoms with van der Waals surface area (Å²) in [6.45, 7) is 9.55. The number of rotatable bonds is 5. The van der Waals surface area contributed by atoms with Crippen LogP contribution < -0.4 is 10.6 Å². The van der Waals surface area contributed by atoms with Crippen LogP contribution >= 0.6 is 0 Å². The predicted octanol–water partition coefficient (Wildman–Crippen LogP) is 0.735. The fourth-order valence-corrected chi connectivity index (χ4v) is 1.66. The molecule has 1 heterocycles. The van der Waals surface area contributed by atoms with Crippen LogP contribution in [0.2, 0.25) is 0 Å². The molecule has 3 nitrogen and oxygen atoms in total. The molecule has 3 heteroatoms. The highest BCUT2D eigenvalue weighted by molar-refractivity contribution is 4.83. The standard InChI is InChI=1S/C11H24N2O/c1-4-11(2,3)8-12-6-9-5-10(14)7-13-9/h9-10,12-14H,4-8H2,1-3H3. The summed E-state index contributed by atoms with van der Waals surface area (Å²) in [7, 11) is 0. The van der Waals surface area contributed by atoms with Gasteiger partial charge in [0, 0.05) is 25.7 Å². The molecule has 2 unspecified atom stereocenters. The van der Waals surface area contributed by atoms with Crippen molar-refractivity contribution in [2.24, 2.45) is 5.41 Å². The van der Waals surface area contributed by atoms with Crippen LogP contribution in [-0.2, 0) is 0 Å². The van der Waals surface area contributed by atoms with Crippen molar-refractivity contribution in [3.63, 3.8) is 0 Å². The SMILES string of the molecule is CCC(C)(C)CNCC1CC(O)CN1. The molecule has 0 amide bonds. The van der Waals surface area contributed by atoms with Gasteiger partial charge in [0.05, 0.1) is 6.10 Å². The fraction of sp³-hybridized carbons (Fsp3) is 1.00. The first-order valence-corrected chi connectivity index (χ1v) is 5.65. The van der Waals surface area contributed by atoms with Gasteiger partial charge in [-0.2, -0.15) is 0 Å². The zero-order chi connectivity index (χ0) is 10.6. The minimum atomic E-state index is -0.138. The first kappa shape index (κ1) is 12.0. The minimum absolute atomic E-state index is 0.138. The van der Waals surface area contributed by atoms with E-state index in [1.807, 2.05) is 0 Å². The van der Waals surface area contributed by atoms with Crippen molar-refractivity contribution < 1.29 is 5.11 Å². The monoisotopic (exact) mass is 200 g/mol. The highest BCUT2D eigenvalue weighted by atomic mass is 16.3. The third-order valence-electron chi connectivity index (χ3n) is 3.15. The Bertz CT molecular complexity index is 171. The van der Waals surface area contributed by atoms with Gasteiger partial charge in [0.1, 0.15) is 0 Å². The van der Waals surface area contributed by atoms with Gasteiger partial charge in [-0.1, -0.05) is 20.8 Å². The third kappa shape index (κ3) is 3.95. The van der Waals surface area contributed by atoms with Crippen LogP contribution in [0.3, 0.4) is 0 Å². The average Bonchev–Trinajstić information content (AvgIpc) is 2.51. The predicted molar refractivity (Wildman–Crippen MR) is 59.4 cm³/mol. The Labute approximate surface area is 87.3 Å². The van der Waals surface area contributed by atoms with E-state index in [-0.39, 0.29) is 6.10 Å². The van der Waals surface area contributed by atoms with Crippen molar-refractivity contribution in [3.05, 3.63) is 0 Å². The number of hydrogen-bond acceptors (Lipinski definition) is 3.